The number of benzene rings is 3. The summed E-state index contributed by atoms with van der Waals surface area (Å²) in [5.41, 5.74) is 3.04. The molecule has 0 aliphatic heterocycles. The van der Waals surface area contributed by atoms with Gasteiger partial charge in [0.05, 0.1) is 28.6 Å². The van der Waals surface area contributed by atoms with Gasteiger partial charge in [-0.15, -0.1) is 0 Å². The van der Waals surface area contributed by atoms with Crippen LogP contribution in [0.25, 0.3) is 22.1 Å². The third kappa shape index (κ3) is 3.92. The van der Waals surface area contributed by atoms with Crippen LogP contribution in [-0.2, 0) is 6.61 Å². The molecular formula is C25H17N2O5S-. The highest BCUT2D eigenvalue weighted by Gasteiger charge is 2.11. The maximum absolute atomic E-state index is 13.0. The number of carboxylic acid groups (broad SMARTS) is 1. The number of nitrogens with zero attached hydrogens (tertiary/aromatic N) is 2. The van der Waals surface area contributed by atoms with Crippen LogP contribution in [0.3, 0.4) is 0 Å². The van der Waals surface area contributed by atoms with Gasteiger partial charge in [-0.2, -0.15) is 0 Å². The summed E-state index contributed by atoms with van der Waals surface area (Å²) in [6, 6.07) is 19.3. The minimum Gasteiger partial charge on any atom is -0.545 e. The molecule has 0 aliphatic rings. The standard InChI is InChI=1S/C25H18N2O5S/c1-31-21-12-15(9-10-20(21)32-14-16-5-4-6-17(11-16)24(29)30)13-22-23(28)27-19-8-3-2-7-18(19)26-25(27)33-22/h2-13H,14H2,1H3,(H,29,30)/p-1. The Balaban J connectivity index is 1.44. The number of hydrogen-bond acceptors (Lipinski definition) is 7. The third-order valence-corrected chi connectivity index (χ3v) is 6.16. The second-order valence-corrected chi connectivity index (χ2v) is 8.33. The summed E-state index contributed by atoms with van der Waals surface area (Å²) in [6.07, 6.45) is 1.80. The molecule has 5 aromatic rings. The average molecular weight is 457 g/mol. The number of carboxylic acids is 1. The molecule has 0 fully saturated rings. The quantitative estimate of drug-likeness (QED) is 0.389. The van der Waals surface area contributed by atoms with Crippen LogP contribution >= 0.6 is 11.3 Å². The Morgan fingerprint density at radius 2 is 1.94 bits per heavy atom. The summed E-state index contributed by atoms with van der Waals surface area (Å²) >= 11 is 1.33. The number of carbonyl (C=O) groups is 1. The largest absolute Gasteiger partial charge is 0.545 e. The van der Waals surface area contributed by atoms with E-state index in [4.69, 9.17) is 9.47 Å². The Bertz CT molecular complexity index is 1620. The van der Waals surface area contributed by atoms with Crippen molar-refractivity contribution in [1.82, 2.24) is 9.38 Å². The number of carbonyl (C=O) groups excluding carboxylic acids is 1. The number of ether oxygens (including phenoxy) is 2. The number of hydrogen-bond donors (Lipinski definition) is 0. The molecule has 7 nitrogen and oxygen atoms in total. The summed E-state index contributed by atoms with van der Waals surface area (Å²) in [5.74, 6) is -0.233. The molecule has 164 valence electrons. The highest BCUT2D eigenvalue weighted by atomic mass is 32.1. The van der Waals surface area contributed by atoms with Crippen molar-refractivity contribution in [2.24, 2.45) is 0 Å². The Labute approximate surface area is 191 Å². The van der Waals surface area contributed by atoms with Crippen LogP contribution in [0.5, 0.6) is 11.5 Å². The van der Waals surface area contributed by atoms with Crippen molar-refractivity contribution in [3.05, 3.63) is 98.3 Å². The molecule has 0 radical (unpaired) electrons. The van der Waals surface area contributed by atoms with Crippen molar-refractivity contribution in [2.45, 2.75) is 6.61 Å². The van der Waals surface area contributed by atoms with E-state index in [0.29, 0.717) is 26.6 Å². The number of rotatable bonds is 6. The van der Waals surface area contributed by atoms with Gasteiger partial charge in [0.2, 0.25) is 0 Å². The van der Waals surface area contributed by atoms with Crippen LogP contribution in [0.15, 0.2) is 71.5 Å². The van der Waals surface area contributed by atoms with Gasteiger partial charge < -0.3 is 19.4 Å². The molecule has 0 saturated carbocycles. The maximum Gasteiger partial charge on any atom is 0.274 e. The second-order valence-electron chi connectivity index (χ2n) is 7.32. The van der Waals surface area contributed by atoms with E-state index in [1.165, 1.54) is 30.6 Å². The molecule has 0 atom stereocenters. The fraction of sp³-hybridized carbons (Fsp3) is 0.0800. The van der Waals surface area contributed by atoms with Crippen molar-refractivity contribution in [1.29, 1.82) is 0 Å². The van der Waals surface area contributed by atoms with E-state index in [-0.39, 0.29) is 17.7 Å². The summed E-state index contributed by atoms with van der Waals surface area (Å²) in [5, 5.41) is 11.0. The van der Waals surface area contributed by atoms with E-state index < -0.39 is 5.97 Å². The van der Waals surface area contributed by atoms with Crippen molar-refractivity contribution < 1.29 is 19.4 Å². The lowest BCUT2D eigenvalue weighted by Gasteiger charge is -2.12. The van der Waals surface area contributed by atoms with E-state index in [0.717, 1.165) is 16.6 Å². The van der Waals surface area contributed by atoms with Gasteiger partial charge in [0.1, 0.15) is 6.61 Å². The minimum atomic E-state index is -1.24. The topological polar surface area (TPSA) is 93.0 Å². The third-order valence-electron chi connectivity index (χ3n) is 5.19. The zero-order chi connectivity index (χ0) is 22.9. The van der Waals surface area contributed by atoms with E-state index in [2.05, 4.69) is 4.98 Å². The molecule has 8 heteroatoms. The van der Waals surface area contributed by atoms with Gasteiger partial charge >= 0.3 is 0 Å². The molecule has 0 spiro atoms. The maximum atomic E-state index is 13.0. The number of thiazole rings is 1. The molecular weight excluding hydrogens is 440 g/mol. The first kappa shape index (κ1) is 20.7. The Morgan fingerprint density at radius 1 is 1.09 bits per heavy atom. The van der Waals surface area contributed by atoms with Gasteiger partial charge in [0.25, 0.3) is 5.56 Å². The zero-order valence-electron chi connectivity index (χ0n) is 17.5. The number of fused-ring (bicyclic) bond motifs is 3. The molecule has 0 amide bonds. The molecule has 0 saturated heterocycles. The van der Waals surface area contributed by atoms with Crippen molar-refractivity contribution in [2.75, 3.05) is 7.11 Å². The molecule has 0 N–H and O–H groups in total. The molecule has 5 rings (SSSR count). The van der Waals surface area contributed by atoms with Gasteiger partial charge in [-0.3, -0.25) is 4.79 Å². The van der Waals surface area contributed by atoms with Crippen LogP contribution in [0.1, 0.15) is 21.5 Å². The minimum absolute atomic E-state index is 0.0940. The molecule has 2 aromatic heterocycles. The number of para-hydroxylation sites is 2. The fourth-order valence-corrected chi connectivity index (χ4v) is 4.59. The van der Waals surface area contributed by atoms with E-state index >= 15 is 0 Å². The number of imidazole rings is 1. The van der Waals surface area contributed by atoms with Crippen molar-refractivity contribution >= 4 is 39.4 Å². The molecule has 2 heterocycles. The van der Waals surface area contributed by atoms with Gasteiger partial charge in [-0.25, -0.2) is 9.38 Å². The highest BCUT2D eigenvalue weighted by molar-refractivity contribution is 7.15. The molecule has 33 heavy (non-hydrogen) atoms. The number of aromatic carboxylic acids is 1. The van der Waals surface area contributed by atoms with Crippen LogP contribution in [0.4, 0.5) is 0 Å². The predicted octanol–water partition coefficient (Wildman–Crippen LogP) is 2.41. The molecule has 0 bridgehead atoms. The smallest absolute Gasteiger partial charge is 0.274 e. The summed E-state index contributed by atoms with van der Waals surface area (Å²) in [4.78, 5) is 29.2. The van der Waals surface area contributed by atoms with E-state index in [1.807, 2.05) is 30.3 Å². The second kappa shape index (κ2) is 8.40. The first-order valence-corrected chi connectivity index (χ1v) is 10.9. The first-order valence-electron chi connectivity index (χ1n) is 10.1. The fourth-order valence-electron chi connectivity index (χ4n) is 3.61. The predicted molar refractivity (Wildman–Crippen MR) is 124 cm³/mol. The number of methoxy groups -OCH3 is 1. The lowest BCUT2D eigenvalue weighted by molar-refractivity contribution is -0.255. The Kier molecular flexibility index (Phi) is 5.27. The van der Waals surface area contributed by atoms with Gasteiger partial charge in [0.15, 0.2) is 16.5 Å². The highest BCUT2D eigenvalue weighted by Crippen LogP contribution is 2.29. The zero-order valence-corrected chi connectivity index (χ0v) is 18.3. The summed E-state index contributed by atoms with van der Waals surface area (Å²) in [7, 11) is 1.53. The van der Waals surface area contributed by atoms with Gasteiger partial charge in [-0.05, 0) is 53.1 Å². The van der Waals surface area contributed by atoms with Crippen molar-refractivity contribution in [3.63, 3.8) is 0 Å². The average Bonchev–Trinajstić information content (AvgIpc) is 3.34. The normalized spacial score (nSPS) is 11.8. The number of aromatic nitrogens is 2. The van der Waals surface area contributed by atoms with E-state index in [9.17, 15) is 14.7 Å². The lowest BCUT2D eigenvalue weighted by atomic mass is 10.1. The Hall–Kier alpha value is -4.17. The molecule has 0 unspecified atom stereocenters. The van der Waals surface area contributed by atoms with Gasteiger partial charge in [-0.1, -0.05) is 47.7 Å². The summed E-state index contributed by atoms with van der Waals surface area (Å²) < 4.78 is 13.5. The first-order chi connectivity index (χ1) is 16.0. The van der Waals surface area contributed by atoms with Crippen LogP contribution in [0, 0.1) is 0 Å². The van der Waals surface area contributed by atoms with Crippen LogP contribution < -0.4 is 24.7 Å². The van der Waals surface area contributed by atoms with Gasteiger partial charge in [0, 0.05) is 0 Å². The van der Waals surface area contributed by atoms with Crippen molar-refractivity contribution in [3.8, 4) is 11.5 Å². The molecule has 3 aromatic carbocycles. The summed E-state index contributed by atoms with van der Waals surface area (Å²) in [6.45, 7) is 0.167. The monoisotopic (exact) mass is 457 g/mol. The van der Waals surface area contributed by atoms with Crippen LogP contribution in [-0.4, -0.2) is 22.5 Å². The van der Waals surface area contributed by atoms with E-state index in [1.54, 1.807) is 34.7 Å². The lowest BCUT2D eigenvalue weighted by Crippen LogP contribution is -2.22. The Morgan fingerprint density at radius 3 is 2.76 bits per heavy atom. The SMILES string of the molecule is COc1cc(C=c2sc3nc4ccccc4n3c2=O)ccc1OCc1cccc(C(=O)[O-])c1. The van der Waals surface area contributed by atoms with Crippen LogP contribution in [0.2, 0.25) is 0 Å². The molecule has 0 aliphatic carbocycles.